The topological polar surface area (TPSA) is 77.4 Å². The van der Waals surface area contributed by atoms with Gasteiger partial charge in [0.25, 0.3) is 0 Å². The van der Waals surface area contributed by atoms with Crippen LogP contribution in [0.1, 0.15) is 82.0 Å². The fourth-order valence-electron chi connectivity index (χ4n) is 4.29. The predicted octanol–water partition coefficient (Wildman–Crippen LogP) is 6.99. The Kier molecular flexibility index (Phi) is 24.2. The Morgan fingerprint density at radius 3 is 2.40 bits per heavy atom. The van der Waals surface area contributed by atoms with Crippen LogP contribution in [0.3, 0.4) is 0 Å². The van der Waals surface area contributed by atoms with E-state index in [1.165, 1.54) is 12.8 Å². The van der Waals surface area contributed by atoms with Gasteiger partial charge in [-0.3, -0.25) is 14.2 Å². The first-order valence-corrected chi connectivity index (χ1v) is 16.7. The number of nitrogens with one attached hydrogen (secondary N) is 1. The zero-order chi connectivity index (χ0) is 31.0. The second kappa shape index (κ2) is 24.4. The van der Waals surface area contributed by atoms with E-state index in [0.717, 1.165) is 42.8 Å². The zero-order valence-corrected chi connectivity index (χ0v) is 27.6. The van der Waals surface area contributed by atoms with E-state index in [0.29, 0.717) is 25.7 Å². The number of hydrogen-bond acceptors (Lipinski definition) is 5. The number of aliphatic imine (C=N–C) groups is 2. The molecule has 1 saturated heterocycles. The summed E-state index contributed by atoms with van der Waals surface area (Å²) in [6, 6.07) is 0.583. The minimum Gasteiger partial charge on any atom is -0.338 e. The Morgan fingerprint density at radius 2 is 1.88 bits per heavy atom. The summed E-state index contributed by atoms with van der Waals surface area (Å²) in [7, 11) is -0.600. The van der Waals surface area contributed by atoms with E-state index in [-0.39, 0.29) is 12.7 Å². The number of amides is 2. The molecule has 2 aliphatic heterocycles. The first kappa shape index (κ1) is 39.7. The second-order valence-electron chi connectivity index (χ2n) is 9.14. The summed E-state index contributed by atoms with van der Waals surface area (Å²) in [6.45, 7) is 25.9. The number of carbonyl (C=O) groups excluding carboxylic acids is 1. The van der Waals surface area contributed by atoms with Crippen LogP contribution >= 0.6 is 0 Å². The van der Waals surface area contributed by atoms with Crippen molar-refractivity contribution in [2.24, 2.45) is 9.98 Å². The summed E-state index contributed by atoms with van der Waals surface area (Å²) >= 11 is 0. The van der Waals surface area contributed by atoms with Gasteiger partial charge < -0.3 is 15.1 Å². The minimum atomic E-state index is -2.30. The SMILES string of the molecule is C=C/C=C(\C=NC)S(=C)(=O)C1CCN(C(C)CCC)CC1.C=C1/C=C\N=CCCN(C(=O)NCC)C1.CC.CC.[HH]. The Balaban J connectivity index is -0.000000638. The van der Waals surface area contributed by atoms with Crippen molar-refractivity contribution in [2.75, 3.05) is 39.8 Å². The molecule has 2 heterocycles. The molecule has 2 unspecified atom stereocenters. The van der Waals surface area contributed by atoms with Gasteiger partial charge in [0.15, 0.2) is 0 Å². The van der Waals surface area contributed by atoms with E-state index in [1.54, 1.807) is 42.7 Å². The van der Waals surface area contributed by atoms with Crippen molar-refractivity contribution < 1.29 is 10.4 Å². The van der Waals surface area contributed by atoms with Gasteiger partial charge >= 0.3 is 6.03 Å². The van der Waals surface area contributed by atoms with E-state index in [4.69, 9.17) is 0 Å². The molecular formula is C32H61N5O2S. The highest BCUT2D eigenvalue weighted by molar-refractivity contribution is 8.05. The van der Waals surface area contributed by atoms with Gasteiger partial charge in [-0.15, -0.1) is 0 Å². The fraction of sp³-hybridized carbons (Fsp3) is 0.625. The Bertz CT molecular complexity index is 934. The molecule has 1 N–H and O–H groups in total. The third-order valence-electron chi connectivity index (χ3n) is 6.32. The van der Waals surface area contributed by atoms with Crippen LogP contribution in [0.4, 0.5) is 4.79 Å². The van der Waals surface area contributed by atoms with E-state index >= 15 is 0 Å². The number of rotatable bonds is 8. The monoisotopic (exact) mass is 579 g/mol. The summed E-state index contributed by atoms with van der Waals surface area (Å²) in [6.07, 6.45) is 15.6. The first-order valence-electron chi connectivity index (χ1n) is 14.9. The Morgan fingerprint density at radius 1 is 1.25 bits per heavy atom. The molecule has 2 amide bonds. The van der Waals surface area contributed by atoms with E-state index in [9.17, 15) is 9.00 Å². The van der Waals surface area contributed by atoms with Crippen LogP contribution in [-0.4, -0.2) is 89.4 Å². The fourth-order valence-corrected chi connectivity index (χ4v) is 6.26. The molecule has 0 radical (unpaired) electrons. The van der Waals surface area contributed by atoms with Crippen molar-refractivity contribution in [3.8, 4) is 0 Å². The molecule has 40 heavy (non-hydrogen) atoms. The maximum absolute atomic E-state index is 13.1. The van der Waals surface area contributed by atoms with Crippen LogP contribution in [0.5, 0.6) is 0 Å². The Labute approximate surface area is 248 Å². The Hall–Kier alpha value is -2.45. The predicted molar refractivity (Wildman–Crippen MR) is 184 cm³/mol. The molecule has 232 valence electrons. The van der Waals surface area contributed by atoms with Crippen molar-refractivity contribution in [3.63, 3.8) is 0 Å². The molecule has 0 spiro atoms. The summed E-state index contributed by atoms with van der Waals surface area (Å²) in [4.78, 5) is 24.7. The number of hydrogen-bond donors (Lipinski definition) is 1. The summed E-state index contributed by atoms with van der Waals surface area (Å²) in [5.74, 6) is 4.04. The van der Waals surface area contributed by atoms with Gasteiger partial charge in [0.2, 0.25) is 0 Å². The molecule has 0 aromatic rings. The van der Waals surface area contributed by atoms with Gasteiger partial charge in [-0.05, 0) is 69.8 Å². The third kappa shape index (κ3) is 15.4. The summed E-state index contributed by atoms with van der Waals surface area (Å²) in [5.41, 5.74) is 0.889. The number of urea groups is 1. The quantitative estimate of drug-likeness (QED) is 0.191. The van der Waals surface area contributed by atoms with Gasteiger partial charge in [0.05, 0.1) is 0 Å². The molecule has 0 aliphatic carbocycles. The smallest absolute Gasteiger partial charge is 0.317 e. The third-order valence-corrected chi connectivity index (χ3v) is 8.91. The lowest BCUT2D eigenvalue weighted by Crippen LogP contribution is -2.43. The highest BCUT2D eigenvalue weighted by Crippen LogP contribution is 2.25. The maximum atomic E-state index is 13.1. The summed E-state index contributed by atoms with van der Waals surface area (Å²) in [5, 5.41) is 2.93. The molecule has 0 bridgehead atoms. The molecule has 0 saturated carbocycles. The molecular weight excluding hydrogens is 518 g/mol. The molecule has 0 aromatic heterocycles. The van der Waals surface area contributed by atoms with Crippen LogP contribution < -0.4 is 5.32 Å². The van der Waals surface area contributed by atoms with Gasteiger partial charge in [-0.25, -0.2) is 4.79 Å². The van der Waals surface area contributed by atoms with E-state index < -0.39 is 9.52 Å². The first-order chi connectivity index (χ1) is 19.2. The largest absolute Gasteiger partial charge is 0.338 e. The highest BCUT2D eigenvalue weighted by Gasteiger charge is 2.29. The zero-order valence-electron chi connectivity index (χ0n) is 26.8. The van der Waals surface area contributed by atoms with Crippen molar-refractivity contribution in [1.29, 1.82) is 0 Å². The highest BCUT2D eigenvalue weighted by atomic mass is 32.2. The van der Waals surface area contributed by atoms with E-state index in [2.05, 4.69) is 53.1 Å². The van der Waals surface area contributed by atoms with Gasteiger partial charge in [0.1, 0.15) is 0 Å². The lowest BCUT2D eigenvalue weighted by molar-refractivity contribution is 0.168. The molecule has 2 atom stereocenters. The number of likely N-dealkylation sites (tertiary alicyclic amines) is 1. The van der Waals surface area contributed by atoms with Crippen molar-refractivity contribution in [3.05, 3.63) is 48.1 Å². The van der Waals surface area contributed by atoms with E-state index in [1.807, 2.05) is 40.7 Å². The number of allylic oxidation sites excluding steroid dienone is 3. The lowest BCUT2D eigenvalue weighted by Gasteiger charge is -2.37. The molecule has 2 aliphatic rings. The standard InChI is InChI=1S/C17H30N2OS.C11H17N3O.2C2H6.H2/c1-6-8-15(3)19-12-10-16(11-13-19)21(5,20)17(9-7-2)14-18-4;1-3-13-11(15)14-8-4-6-12-7-5-10(2)9-14;2*1-2;/h7,9,14-16H,2,5-6,8,10-13H2,1,3-4H3;5-7H,2-4,8-9H2,1H3,(H,13,15);2*1-2H3;1H/b17-9+,18-14?;7-5-,12-6?;;;. The van der Waals surface area contributed by atoms with Crippen molar-refractivity contribution in [2.45, 2.75) is 91.9 Å². The molecule has 0 aromatic carbocycles. The number of piperidine rings is 1. The van der Waals surface area contributed by atoms with Crippen LogP contribution in [0.25, 0.3) is 0 Å². The number of carbonyl (C=O) groups is 1. The summed E-state index contributed by atoms with van der Waals surface area (Å²) < 4.78 is 13.1. The van der Waals surface area contributed by atoms with Crippen LogP contribution in [0, 0.1) is 0 Å². The molecule has 2 rings (SSSR count). The second-order valence-corrected chi connectivity index (χ2v) is 11.7. The normalized spacial score (nSPS) is 19.6. The van der Waals surface area contributed by atoms with Crippen LogP contribution in [-0.2, 0) is 9.52 Å². The average molecular weight is 580 g/mol. The lowest BCUT2D eigenvalue weighted by atomic mass is 10.1. The van der Waals surface area contributed by atoms with Gasteiger partial charge in [0, 0.05) is 78.9 Å². The maximum Gasteiger partial charge on any atom is 0.317 e. The van der Waals surface area contributed by atoms with Crippen molar-refractivity contribution >= 4 is 33.9 Å². The molecule has 1 fully saturated rings. The molecule has 8 heteroatoms. The minimum absolute atomic E-state index is 0. The van der Waals surface area contributed by atoms with Gasteiger partial charge in [-0.1, -0.05) is 60.3 Å². The number of nitrogens with zero attached hydrogens (tertiary/aromatic N) is 4. The van der Waals surface area contributed by atoms with Crippen LogP contribution in [0.2, 0.25) is 0 Å². The van der Waals surface area contributed by atoms with Gasteiger partial charge in [-0.2, -0.15) is 0 Å². The van der Waals surface area contributed by atoms with Crippen LogP contribution in [0.15, 0.2) is 58.0 Å². The average Bonchev–Trinajstić information content (AvgIpc) is 3.07. The van der Waals surface area contributed by atoms with Crippen molar-refractivity contribution in [1.82, 2.24) is 15.1 Å². The molecule has 7 nitrogen and oxygen atoms in total.